The number of ether oxygens (including phenoxy) is 4. The van der Waals surface area contributed by atoms with Crippen molar-refractivity contribution in [3.63, 3.8) is 0 Å². The fourth-order valence-electron chi connectivity index (χ4n) is 8.35. The van der Waals surface area contributed by atoms with Crippen molar-refractivity contribution in [2.75, 3.05) is 19.8 Å². The highest BCUT2D eigenvalue weighted by Gasteiger charge is 2.51. The molecule has 0 aromatic carbocycles. The molecule has 12 atom stereocenters. The molecule has 14 heteroatoms. The summed E-state index contributed by atoms with van der Waals surface area (Å²) in [4.78, 5) is 13.1. The van der Waals surface area contributed by atoms with Crippen LogP contribution in [0.4, 0.5) is 0 Å². The summed E-state index contributed by atoms with van der Waals surface area (Å²) in [6, 6.07) is -0.823. The summed E-state index contributed by atoms with van der Waals surface area (Å²) in [6.45, 7) is 2.81. The van der Waals surface area contributed by atoms with Crippen molar-refractivity contribution in [2.45, 2.75) is 267 Å². The predicted octanol–water partition coefficient (Wildman–Crippen LogP) is 5.99. The Morgan fingerprint density at radius 2 is 1.02 bits per heavy atom. The van der Waals surface area contributed by atoms with E-state index in [0.717, 1.165) is 51.4 Å². The molecule has 2 aliphatic heterocycles. The van der Waals surface area contributed by atoms with Gasteiger partial charge in [0, 0.05) is 6.42 Å². The fraction of sp³-hybridized carbons (Fsp3) is 0.938. The van der Waals surface area contributed by atoms with E-state index in [9.17, 15) is 45.6 Å². The van der Waals surface area contributed by atoms with Crippen molar-refractivity contribution in [3.05, 3.63) is 12.2 Å². The van der Waals surface area contributed by atoms with E-state index in [1.807, 2.05) is 0 Å². The highest BCUT2D eigenvalue weighted by Crippen LogP contribution is 2.30. The third kappa shape index (κ3) is 23.3. The van der Waals surface area contributed by atoms with Crippen LogP contribution in [0.1, 0.15) is 194 Å². The van der Waals surface area contributed by atoms with Crippen molar-refractivity contribution < 1.29 is 64.6 Å². The zero-order chi connectivity index (χ0) is 45.4. The van der Waals surface area contributed by atoms with Gasteiger partial charge in [-0.25, -0.2) is 0 Å². The Morgan fingerprint density at radius 1 is 0.565 bits per heavy atom. The zero-order valence-corrected chi connectivity index (χ0v) is 38.6. The number of aliphatic hydroxyl groups excluding tert-OH is 8. The van der Waals surface area contributed by atoms with Crippen LogP contribution >= 0.6 is 0 Å². The van der Waals surface area contributed by atoms with E-state index >= 15 is 0 Å². The molecule has 0 radical (unpaired) electrons. The summed E-state index contributed by atoms with van der Waals surface area (Å²) in [5.41, 5.74) is 0. The van der Waals surface area contributed by atoms with Gasteiger partial charge < -0.3 is 65.1 Å². The first-order chi connectivity index (χ1) is 30.1. The Balaban J connectivity index is 1.79. The summed E-state index contributed by atoms with van der Waals surface area (Å²) in [7, 11) is 0. The maximum Gasteiger partial charge on any atom is 0.220 e. The molecule has 2 aliphatic rings. The molecule has 0 bridgehead atoms. The molecule has 0 spiro atoms. The Hall–Kier alpha value is -1.27. The van der Waals surface area contributed by atoms with Crippen molar-refractivity contribution in [1.29, 1.82) is 0 Å². The van der Waals surface area contributed by atoms with E-state index in [2.05, 4.69) is 31.3 Å². The van der Waals surface area contributed by atoms with Crippen LogP contribution in [0.15, 0.2) is 12.2 Å². The molecule has 2 rings (SSSR count). The first-order valence-electron chi connectivity index (χ1n) is 24.9. The largest absolute Gasteiger partial charge is 0.394 e. The number of carbonyl (C=O) groups is 1. The number of aliphatic hydroxyl groups is 8. The molecule has 1 amide bonds. The number of hydrogen-bond donors (Lipinski definition) is 9. The molecule has 0 aromatic rings. The molecule has 14 nitrogen and oxygen atoms in total. The van der Waals surface area contributed by atoms with Gasteiger partial charge in [-0.3, -0.25) is 4.79 Å². The highest BCUT2D eigenvalue weighted by molar-refractivity contribution is 5.76. The Labute approximate surface area is 374 Å². The zero-order valence-electron chi connectivity index (χ0n) is 38.6. The normalized spacial score (nSPS) is 27.8. The van der Waals surface area contributed by atoms with Crippen LogP contribution in [-0.4, -0.2) is 140 Å². The standard InChI is InChI=1S/C48H91NO13/c1-3-5-7-9-11-13-14-15-16-17-18-19-20-21-22-24-26-28-30-32-40(53)49-36(37(52)31-29-27-25-23-12-10-8-6-4-2)35-59-47-45(58)43(56)46(39(34-51)61-47)62-48-44(57)42(55)41(54)38(33-50)60-48/h15-16,36-39,41-48,50-52,54-58H,3-14,17-35H2,1-2H3,(H,49,53)/b16-15-. The molecule has 2 heterocycles. The van der Waals surface area contributed by atoms with Gasteiger partial charge in [-0.15, -0.1) is 0 Å². The Bertz CT molecular complexity index is 1100. The summed E-state index contributed by atoms with van der Waals surface area (Å²) in [6.07, 6.45) is 19.4. The lowest BCUT2D eigenvalue weighted by atomic mass is 9.97. The summed E-state index contributed by atoms with van der Waals surface area (Å²) >= 11 is 0. The molecule has 0 aromatic heterocycles. The molecule has 2 fully saturated rings. The SMILES string of the molecule is CCCCCCCC/C=C\CCCCCCCCCCCC(=O)NC(COC1OC(CO)C(OC2OC(CO)C(O)C(O)C2O)C(O)C1O)C(O)CCCCCCCCCCC. The minimum atomic E-state index is -1.78. The number of amides is 1. The average molecular weight is 890 g/mol. The first kappa shape index (κ1) is 56.9. The lowest BCUT2D eigenvalue weighted by molar-refractivity contribution is -0.359. The molecule has 0 saturated carbocycles. The number of carbonyl (C=O) groups excluding carboxylic acids is 1. The number of allylic oxidation sites excluding steroid dienone is 2. The second-order valence-corrected chi connectivity index (χ2v) is 17.9. The predicted molar refractivity (Wildman–Crippen MR) is 240 cm³/mol. The summed E-state index contributed by atoms with van der Waals surface area (Å²) in [5.74, 6) is -0.211. The third-order valence-corrected chi connectivity index (χ3v) is 12.5. The maximum absolute atomic E-state index is 13.1. The molecular formula is C48H91NO13. The number of unbranched alkanes of at least 4 members (excludes halogenated alkanes) is 23. The van der Waals surface area contributed by atoms with Crippen LogP contribution in [0.3, 0.4) is 0 Å². The van der Waals surface area contributed by atoms with Crippen LogP contribution in [0.5, 0.6) is 0 Å². The van der Waals surface area contributed by atoms with Crippen LogP contribution in [0.2, 0.25) is 0 Å². The van der Waals surface area contributed by atoms with Crippen LogP contribution in [-0.2, 0) is 23.7 Å². The van der Waals surface area contributed by atoms with Gasteiger partial charge in [-0.2, -0.15) is 0 Å². The van der Waals surface area contributed by atoms with Crippen LogP contribution in [0, 0.1) is 0 Å². The van der Waals surface area contributed by atoms with Crippen molar-refractivity contribution in [1.82, 2.24) is 5.32 Å². The monoisotopic (exact) mass is 890 g/mol. The fourth-order valence-corrected chi connectivity index (χ4v) is 8.35. The van der Waals surface area contributed by atoms with Gasteiger partial charge in [0.25, 0.3) is 0 Å². The number of rotatable bonds is 38. The molecule has 9 N–H and O–H groups in total. The minimum Gasteiger partial charge on any atom is -0.394 e. The van der Waals surface area contributed by atoms with Gasteiger partial charge in [-0.05, 0) is 38.5 Å². The van der Waals surface area contributed by atoms with Gasteiger partial charge in [-0.1, -0.05) is 161 Å². The van der Waals surface area contributed by atoms with Crippen LogP contribution in [0.25, 0.3) is 0 Å². The van der Waals surface area contributed by atoms with E-state index in [1.54, 1.807) is 0 Å². The average Bonchev–Trinajstić information content (AvgIpc) is 3.27. The lowest BCUT2D eigenvalue weighted by Crippen LogP contribution is -2.65. The summed E-state index contributed by atoms with van der Waals surface area (Å²) in [5, 5.41) is 86.6. The Morgan fingerprint density at radius 3 is 1.53 bits per heavy atom. The van der Waals surface area contributed by atoms with E-state index < -0.39 is 86.8 Å². The maximum atomic E-state index is 13.1. The first-order valence-corrected chi connectivity index (χ1v) is 24.9. The highest BCUT2D eigenvalue weighted by atomic mass is 16.7. The van der Waals surface area contributed by atoms with E-state index in [1.165, 1.54) is 116 Å². The van der Waals surface area contributed by atoms with Crippen molar-refractivity contribution in [3.8, 4) is 0 Å². The molecule has 0 aliphatic carbocycles. The second kappa shape index (κ2) is 35.9. The number of hydrogen-bond acceptors (Lipinski definition) is 13. The molecular weight excluding hydrogens is 799 g/mol. The molecule has 366 valence electrons. The van der Waals surface area contributed by atoms with Gasteiger partial charge in [0.15, 0.2) is 12.6 Å². The van der Waals surface area contributed by atoms with Gasteiger partial charge in [0.2, 0.25) is 5.91 Å². The topological polar surface area (TPSA) is 228 Å². The van der Waals surface area contributed by atoms with Gasteiger partial charge >= 0.3 is 0 Å². The van der Waals surface area contributed by atoms with Crippen molar-refractivity contribution >= 4 is 5.91 Å². The van der Waals surface area contributed by atoms with Gasteiger partial charge in [0.1, 0.15) is 48.8 Å². The van der Waals surface area contributed by atoms with E-state index in [-0.39, 0.29) is 12.5 Å². The Kier molecular flexibility index (Phi) is 32.9. The second-order valence-electron chi connectivity index (χ2n) is 17.9. The lowest BCUT2D eigenvalue weighted by Gasteiger charge is -2.46. The van der Waals surface area contributed by atoms with E-state index in [0.29, 0.717) is 12.8 Å². The minimum absolute atomic E-state index is 0.211. The van der Waals surface area contributed by atoms with Crippen molar-refractivity contribution in [2.24, 2.45) is 0 Å². The summed E-state index contributed by atoms with van der Waals surface area (Å²) < 4.78 is 22.7. The molecule has 62 heavy (non-hydrogen) atoms. The van der Waals surface area contributed by atoms with E-state index in [4.69, 9.17) is 18.9 Å². The van der Waals surface area contributed by atoms with Crippen LogP contribution < -0.4 is 5.32 Å². The molecule has 2 saturated heterocycles. The third-order valence-electron chi connectivity index (χ3n) is 12.5. The molecule has 12 unspecified atom stereocenters. The number of nitrogens with one attached hydrogen (secondary N) is 1. The smallest absolute Gasteiger partial charge is 0.220 e. The van der Waals surface area contributed by atoms with Gasteiger partial charge in [0.05, 0.1) is 32.0 Å². The quantitative estimate of drug-likeness (QED) is 0.0257.